The molecule has 0 radical (unpaired) electrons. The van der Waals surface area contributed by atoms with E-state index in [9.17, 15) is 9.90 Å². The maximum atomic E-state index is 12.3. The summed E-state index contributed by atoms with van der Waals surface area (Å²) < 4.78 is 5.13. The van der Waals surface area contributed by atoms with E-state index >= 15 is 0 Å². The molecule has 1 spiro atoms. The van der Waals surface area contributed by atoms with Gasteiger partial charge in [-0.15, -0.1) is 0 Å². The summed E-state index contributed by atoms with van der Waals surface area (Å²) in [5.74, 6) is 0.980. The van der Waals surface area contributed by atoms with Gasteiger partial charge in [0.25, 0.3) is 0 Å². The number of amides is 1. The molecule has 1 aromatic carbocycles. The monoisotopic (exact) mass is 361 g/mol. The number of aromatic hydroxyl groups is 1. The van der Waals surface area contributed by atoms with Crippen molar-refractivity contribution in [1.29, 1.82) is 0 Å². The lowest BCUT2D eigenvalue weighted by Gasteiger charge is -2.49. The van der Waals surface area contributed by atoms with Gasteiger partial charge in [-0.25, -0.2) is 0 Å². The highest BCUT2D eigenvalue weighted by Gasteiger charge is 2.41. The van der Waals surface area contributed by atoms with Crippen LogP contribution in [0.2, 0.25) is 0 Å². The lowest BCUT2D eigenvalue weighted by molar-refractivity contribution is -0.130. The zero-order valence-electron chi connectivity index (χ0n) is 16.2. The summed E-state index contributed by atoms with van der Waals surface area (Å²) >= 11 is 0. The number of hydrogen-bond donors (Lipinski definition) is 1. The van der Waals surface area contributed by atoms with E-state index in [0.29, 0.717) is 12.2 Å². The van der Waals surface area contributed by atoms with E-state index in [2.05, 4.69) is 23.8 Å². The van der Waals surface area contributed by atoms with Gasteiger partial charge in [-0.1, -0.05) is 6.07 Å². The Balaban J connectivity index is 1.71. The number of piperazine rings is 1. The van der Waals surface area contributed by atoms with Crippen LogP contribution in [0.3, 0.4) is 0 Å². The van der Waals surface area contributed by atoms with E-state index in [1.807, 2.05) is 17.0 Å². The predicted octanol–water partition coefficient (Wildman–Crippen LogP) is 1.92. The molecule has 26 heavy (non-hydrogen) atoms. The lowest BCUT2D eigenvalue weighted by atomic mass is 9.86. The van der Waals surface area contributed by atoms with Crippen molar-refractivity contribution in [2.75, 3.05) is 46.9 Å². The van der Waals surface area contributed by atoms with Crippen molar-refractivity contribution in [2.24, 2.45) is 0 Å². The van der Waals surface area contributed by atoms with Gasteiger partial charge in [-0.05, 0) is 44.5 Å². The fourth-order valence-electron chi connectivity index (χ4n) is 4.34. The van der Waals surface area contributed by atoms with Crippen molar-refractivity contribution in [3.63, 3.8) is 0 Å². The van der Waals surface area contributed by atoms with Crippen molar-refractivity contribution < 1.29 is 14.6 Å². The Bertz CT molecular complexity index is 651. The number of ether oxygens (including phenoxy) is 1. The number of phenols is 1. The molecule has 1 unspecified atom stereocenters. The fourth-order valence-corrected chi connectivity index (χ4v) is 4.34. The zero-order chi connectivity index (χ0) is 18.7. The molecule has 2 heterocycles. The van der Waals surface area contributed by atoms with Crippen molar-refractivity contribution in [3.05, 3.63) is 23.8 Å². The maximum Gasteiger partial charge on any atom is 0.222 e. The van der Waals surface area contributed by atoms with Crippen molar-refractivity contribution in [3.8, 4) is 11.5 Å². The van der Waals surface area contributed by atoms with Crippen molar-refractivity contribution >= 4 is 5.91 Å². The molecule has 6 nitrogen and oxygen atoms in total. The molecule has 1 aromatic rings. The molecule has 2 aliphatic rings. The van der Waals surface area contributed by atoms with Crippen LogP contribution < -0.4 is 4.74 Å². The van der Waals surface area contributed by atoms with E-state index in [1.165, 1.54) is 0 Å². The lowest BCUT2D eigenvalue weighted by Crippen LogP contribution is -2.60. The van der Waals surface area contributed by atoms with E-state index in [0.717, 1.165) is 57.7 Å². The molecule has 1 N–H and O–H groups in total. The van der Waals surface area contributed by atoms with Gasteiger partial charge >= 0.3 is 0 Å². The molecule has 0 aliphatic carbocycles. The second-order valence-electron chi connectivity index (χ2n) is 7.59. The maximum absolute atomic E-state index is 12.3. The van der Waals surface area contributed by atoms with Crippen LogP contribution in [0.5, 0.6) is 11.5 Å². The second-order valence-corrected chi connectivity index (χ2v) is 7.59. The number of nitrogens with zero attached hydrogens (tertiary/aromatic N) is 3. The Morgan fingerprint density at radius 3 is 2.73 bits per heavy atom. The van der Waals surface area contributed by atoms with Crippen LogP contribution in [0.25, 0.3) is 0 Å². The molecule has 2 saturated heterocycles. The largest absolute Gasteiger partial charge is 0.504 e. The highest BCUT2D eigenvalue weighted by molar-refractivity contribution is 5.76. The third kappa shape index (κ3) is 3.81. The Labute approximate surface area is 156 Å². The van der Waals surface area contributed by atoms with Gasteiger partial charge in [0.05, 0.1) is 7.11 Å². The van der Waals surface area contributed by atoms with Crippen molar-refractivity contribution in [2.45, 2.75) is 38.3 Å². The molecule has 0 bridgehead atoms. The minimum atomic E-state index is 0.0619. The summed E-state index contributed by atoms with van der Waals surface area (Å²) in [4.78, 5) is 19.2. The van der Waals surface area contributed by atoms with Crippen LogP contribution in [0.4, 0.5) is 0 Å². The first-order valence-corrected chi connectivity index (χ1v) is 9.54. The summed E-state index contributed by atoms with van der Waals surface area (Å²) in [6.07, 6.45) is 2.58. The molecule has 3 rings (SSSR count). The van der Waals surface area contributed by atoms with Crippen LogP contribution in [-0.4, -0.2) is 78.1 Å². The Kier molecular flexibility index (Phi) is 5.73. The minimum absolute atomic E-state index is 0.0619. The fraction of sp³-hybridized carbons (Fsp3) is 0.650. The summed E-state index contributed by atoms with van der Waals surface area (Å²) in [6.45, 7) is 7.46. The van der Waals surface area contributed by atoms with Gasteiger partial charge in [-0.2, -0.15) is 0 Å². The van der Waals surface area contributed by atoms with Crippen molar-refractivity contribution in [1.82, 2.24) is 14.7 Å². The molecule has 1 atom stereocenters. The number of phenolic OH excluding ortho intramolecular Hbond substituents is 1. The summed E-state index contributed by atoms with van der Waals surface area (Å²) in [5.41, 5.74) is 1.15. The first-order chi connectivity index (χ1) is 12.5. The SMILES string of the molecule is CCN1CCC2(CCC1=O)CN(Cc1ccc(OC)c(O)c1)CCN2C. The normalized spacial score (nSPS) is 25.5. The topological polar surface area (TPSA) is 56.3 Å². The minimum Gasteiger partial charge on any atom is -0.504 e. The second kappa shape index (κ2) is 7.84. The van der Waals surface area contributed by atoms with Crippen LogP contribution >= 0.6 is 0 Å². The van der Waals surface area contributed by atoms with Crippen LogP contribution in [0, 0.1) is 0 Å². The van der Waals surface area contributed by atoms with Gasteiger partial charge < -0.3 is 14.7 Å². The van der Waals surface area contributed by atoms with Gasteiger partial charge in [-0.3, -0.25) is 14.6 Å². The Hall–Kier alpha value is -1.79. The summed E-state index contributed by atoms with van der Waals surface area (Å²) in [5, 5.41) is 10.0. The highest BCUT2D eigenvalue weighted by Crippen LogP contribution is 2.33. The number of rotatable bonds is 4. The molecule has 0 saturated carbocycles. The molecule has 1 amide bonds. The van der Waals surface area contributed by atoms with Crippen LogP contribution in [-0.2, 0) is 11.3 Å². The van der Waals surface area contributed by atoms with Crippen LogP contribution in [0.1, 0.15) is 31.7 Å². The average molecular weight is 361 g/mol. The third-order valence-electron chi connectivity index (χ3n) is 6.11. The third-order valence-corrected chi connectivity index (χ3v) is 6.11. The van der Waals surface area contributed by atoms with E-state index < -0.39 is 0 Å². The first-order valence-electron chi connectivity index (χ1n) is 9.54. The summed E-state index contributed by atoms with van der Waals surface area (Å²) in [7, 11) is 3.76. The first kappa shape index (κ1) is 19.0. The molecule has 0 aromatic heterocycles. The number of benzene rings is 1. The molecule has 2 fully saturated rings. The molecule has 6 heteroatoms. The molecule has 2 aliphatic heterocycles. The number of carbonyl (C=O) groups is 1. The Morgan fingerprint density at radius 1 is 1.23 bits per heavy atom. The highest BCUT2D eigenvalue weighted by atomic mass is 16.5. The van der Waals surface area contributed by atoms with E-state index in [4.69, 9.17) is 4.74 Å². The number of carbonyl (C=O) groups excluding carboxylic acids is 1. The number of hydrogen-bond acceptors (Lipinski definition) is 5. The average Bonchev–Trinajstić information content (AvgIpc) is 2.78. The standard InChI is InChI=1S/C20H31N3O3/c1-4-23-10-9-20(8-7-19(23)25)15-22(12-11-21(20)2)14-16-5-6-18(26-3)17(24)13-16/h5-6,13,24H,4,7-12,14-15H2,1-3H3. The smallest absolute Gasteiger partial charge is 0.222 e. The van der Waals surface area contributed by atoms with E-state index in [1.54, 1.807) is 13.2 Å². The molecular weight excluding hydrogens is 330 g/mol. The Morgan fingerprint density at radius 2 is 2.04 bits per heavy atom. The van der Waals surface area contributed by atoms with Gasteiger partial charge in [0.1, 0.15) is 0 Å². The zero-order valence-corrected chi connectivity index (χ0v) is 16.2. The van der Waals surface area contributed by atoms with Gasteiger partial charge in [0, 0.05) is 51.2 Å². The van der Waals surface area contributed by atoms with Crippen LogP contribution in [0.15, 0.2) is 18.2 Å². The summed E-state index contributed by atoms with van der Waals surface area (Å²) in [6, 6.07) is 5.62. The predicted molar refractivity (Wildman–Crippen MR) is 101 cm³/mol. The molecular formula is C20H31N3O3. The van der Waals surface area contributed by atoms with Gasteiger partial charge in [0.15, 0.2) is 11.5 Å². The molecule has 144 valence electrons. The van der Waals surface area contributed by atoms with Gasteiger partial charge in [0.2, 0.25) is 5.91 Å². The number of likely N-dealkylation sites (N-methyl/N-ethyl adjacent to an activating group) is 1. The number of likely N-dealkylation sites (tertiary alicyclic amines) is 1. The number of methoxy groups -OCH3 is 1. The quantitative estimate of drug-likeness (QED) is 0.888. The van der Waals surface area contributed by atoms with E-state index in [-0.39, 0.29) is 17.2 Å².